The Bertz CT molecular complexity index is 668. The molecule has 1 N–H and O–H groups in total. The molecule has 126 valence electrons. The van der Waals surface area contributed by atoms with Crippen LogP contribution >= 0.6 is 0 Å². The van der Waals surface area contributed by atoms with Gasteiger partial charge in [-0.2, -0.15) is 0 Å². The number of amides is 1. The van der Waals surface area contributed by atoms with Crippen LogP contribution in [-0.2, 0) is 0 Å². The Kier molecular flexibility index (Phi) is 5.25. The van der Waals surface area contributed by atoms with Crippen LogP contribution in [0.4, 0.5) is 11.5 Å². The highest BCUT2D eigenvalue weighted by Gasteiger charge is 2.19. The van der Waals surface area contributed by atoms with E-state index in [0.29, 0.717) is 12.1 Å². The third-order valence-electron chi connectivity index (χ3n) is 4.14. The molecule has 0 aromatic carbocycles. The molecule has 3 rings (SSSR count). The van der Waals surface area contributed by atoms with Gasteiger partial charge in [-0.05, 0) is 24.6 Å². The Morgan fingerprint density at radius 1 is 1.17 bits per heavy atom. The summed E-state index contributed by atoms with van der Waals surface area (Å²) in [7, 11) is 0. The van der Waals surface area contributed by atoms with Crippen LogP contribution < -0.4 is 15.1 Å². The van der Waals surface area contributed by atoms with Crippen molar-refractivity contribution in [2.75, 3.05) is 42.5 Å². The van der Waals surface area contributed by atoms with Gasteiger partial charge in [-0.1, -0.05) is 13.0 Å². The number of aromatic nitrogens is 2. The van der Waals surface area contributed by atoms with Gasteiger partial charge in [-0.15, -0.1) is 0 Å². The number of nitrogens with zero attached hydrogens (tertiary/aromatic N) is 4. The van der Waals surface area contributed by atoms with E-state index in [0.717, 1.165) is 44.1 Å². The SMILES string of the molecule is CCCNC(=O)c1cncc(N2CCN(c3ccccn3)CC2)c1. The lowest BCUT2D eigenvalue weighted by Gasteiger charge is -2.36. The molecule has 1 fully saturated rings. The molecule has 1 aliphatic heterocycles. The molecule has 0 spiro atoms. The van der Waals surface area contributed by atoms with Gasteiger partial charge in [0.05, 0.1) is 17.4 Å². The van der Waals surface area contributed by atoms with Crippen molar-refractivity contribution in [3.05, 3.63) is 48.4 Å². The van der Waals surface area contributed by atoms with E-state index in [1.165, 1.54) is 0 Å². The van der Waals surface area contributed by atoms with Gasteiger partial charge in [0.2, 0.25) is 0 Å². The maximum atomic E-state index is 12.1. The van der Waals surface area contributed by atoms with E-state index < -0.39 is 0 Å². The molecule has 2 aromatic rings. The highest BCUT2D eigenvalue weighted by atomic mass is 16.1. The molecule has 0 radical (unpaired) electrons. The number of piperazine rings is 1. The van der Waals surface area contributed by atoms with E-state index >= 15 is 0 Å². The van der Waals surface area contributed by atoms with Crippen LogP contribution in [0.25, 0.3) is 0 Å². The molecule has 0 unspecified atom stereocenters. The Balaban J connectivity index is 1.63. The number of rotatable bonds is 5. The second kappa shape index (κ2) is 7.77. The van der Waals surface area contributed by atoms with E-state index in [4.69, 9.17) is 0 Å². The minimum Gasteiger partial charge on any atom is -0.367 e. The number of hydrogen-bond donors (Lipinski definition) is 1. The number of hydrogen-bond acceptors (Lipinski definition) is 5. The van der Waals surface area contributed by atoms with Crippen molar-refractivity contribution in [2.45, 2.75) is 13.3 Å². The zero-order valence-electron chi connectivity index (χ0n) is 14.0. The molecule has 0 saturated carbocycles. The number of carbonyl (C=O) groups is 1. The Labute approximate surface area is 142 Å². The predicted octanol–water partition coefficient (Wildman–Crippen LogP) is 1.94. The Morgan fingerprint density at radius 2 is 1.96 bits per heavy atom. The van der Waals surface area contributed by atoms with E-state index in [9.17, 15) is 4.79 Å². The van der Waals surface area contributed by atoms with E-state index in [1.54, 1.807) is 6.20 Å². The second-order valence-electron chi connectivity index (χ2n) is 5.85. The summed E-state index contributed by atoms with van der Waals surface area (Å²) in [5.74, 6) is 0.960. The molecule has 2 aromatic heterocycles. The van der Waals surface area contributed by atoms with Crippen LogP contribution in [0.2, 0.25) is 0 Å². The average molecular weight is 325 g/mol. The quantitative estimate of drug-likeness (QED) is 0.910. The number of anilines is 2. The van der Waals surface area contributed by atoms with Gasteiger partial charge in [-0.3, -0.25) is 9.78 Å². The third kappa shape index (κ3) is 3.82. The highest BCUT2D eigenvalue weighted by Crippen LogP contribution is 2.19. The molecule has 6 nitrogen and oxygen atoms in total. The summed E-state index contributed by atoms with van der Waals surface area (Å²) in [4.78, 5) is 25.3. The lowest BCUT2D eigenvalue weighted by atomic mass is 10.2. The monoisotopic (exact) mass is 325 g/mol. The van der Waals surface area contributed by atoms with Crippen LogP contribution in [0.15, 0.2) is 42.9 Å². The maximum Gasteiger partial charge on any atom is 0.252 e. The van der Waals surface area contributed by atoms with E-state index in [1.807, 2.05) is 43.6 Å². The molecule has 0 atom stereocenters. The largest absolute Gasteiger partial charge is 0.367 e. The fraction of sp³-hybridized carbons (Fsp3) is 0.389. The van der Waals surface area contributed by atoms with Crippen LogP contribution in [0.1, 0.15) is 23.7 Å². The molecule has 1 aliphatic rings. The van der Waals surface area contributed by atoms with Crippen molar-refractivity contribution in [3.8, 4) is 0 Å². The summed E-state index contributed by atoms with van der Waals surface area (Å²) in [6, 6.07) is 7.90. The highest BCUT2D eigenvalue weighted by molar-refractivity contribution is 5.94. The van der Waals surface area contributed by atoms with Crippen molar-refractivity contribution in [1.82, 2.24) is 15.3 Å². The second-order valence-corrected chi connectivity index (χ2v) is 5.85. The Morgan fingerprint density at radius 3 is 2.67 bits per heavy atom. The van der Waals surface area contributed by atoms with Crippen molar-refractivity contribution in [3.63, 3.8) is 0 Å². The minimum atomic E-state index is -0.0571. The van der Waals surface area contributed by atoms with Gasteiger partial charge >= 0.3 is 0 Å². The molecule has 1 amide bonds. The first-order valence-electron chi connectivity index (χ1n) is 8.42. The average Bonchev–Trinajstić information content (AvgIpc) is 2.67. The van der Waals surface area contributed by atoms with Gasteiger partial charge in [-0.25, -0.2) is 4.98 Å². The zero-order valence-corrected chi connectivity index (χ0v) is 14.0. The van der Waals surface area contributed by atoms with Gasteiger partial charge in [0.15, 0.2) is 0 Å². The van der Waals surface area contributed by atoms with E-state index in [-0.39, 0.29) is 5.91 Å². The van der Waals surface area contributed by atoms with Crippen LogP contribution in [-0.4, -0.2) is 48.6 Å². The molecule has 6 heteroatoms. The zero-order chi connectivity index (χ0) is 16.8. The van der Waals surface area contributed by atoms with Crippen LogP contribution in [0.5, 0.6) is 0 Å². The normalized spacial score (nSPS) is 14.5. The summed E-state index contributed by atoms with van der Waals surface area (Å²) in [6.07, 6.45) is 6.20. The van der Waals surface area contributed by atoms with Crippen LogP contribution in [0, 0.1) is 0 Å². The number of pyridine rings is 2. The lowest BCUT2D eigenvalue weighted by Crippen LogP contribution is -2.46. The topological polar surface area (TPSA) is 61.4 Å². The molecule has 1 saturated heterocycles. The minimum absolute atomic E-state index is 0.0571. The van der Waals surface area contributed by atoms with Gasteiger partial charge < -0.3 is 15.1 Å². The van der Waals surface area contributed by atoms with Crippen molar-refractivity contribution >= 4 is 17.4 Å². The standard InChI is InChI=1S/C18H23N5O/c1-2-6-21-18(24)15-12-16(14-19-13-15)22-8-10-23(11-9-22)17-5-3-4-7-20-17/h3-5,7,12-14H,2,6,8-11H2,1H3,(H,21,24). The first kappa shape index (κ1) is 16.2. The third-order valence-corrected chi connectivity index (χ3v) is 4.14. The summed E-state index contributed by atoms with van der Waals surface area (Å²) in [5.41, 5.74) is 1.62. The smallest absolute Gasteiger partial charge is 0.252 e. The van der Waals surface area contributed by atoms with E-state index in [2.05, 4.69) is 25.1 Å². The van der Waals surface area contributed by atoms with Crippen LogP contribution in [0.3, 0.4) is 0 Å². The first-order valence-corrected chi connectivity index (χ1v) is 8.42. The lowest BCUT2D eigenvalue weighted by molar-refractivity contribution is 0.0953. The summed E-state index contributed by atoms with van der Waals surface area (Å²) < 4.78 is 0. The van der Waals surface area contributed by atoms with Crippen molar-refractivity contribution in [1.29, 1.82) is 0 Å². The molecular formula is C18H23N5O. The predicted molar refractivity (Wildman–Crippen MR) is 95.5 cm³/mol. The summed E-state index contributed by atoms with van der Waals surface area (Å²) in [5, 5.41) is 2.89. The fourth-order valence-electron chi connectivity index (χ4n) is 2.80. The number of carbonyl (C=O) groups excluding carboxylic acids is 1. The van der Waals surface area contributed by atoms with Gasteiger partial charge in [0.1, 0.15) is 5.82 Å². The summed E-state index contributed by atoms with van der Waals surface area (Å²) in [6.45, 7) is 6.31. The molecule has 0 bridgehead atoms. The van der Waals surface area contributed by atoms with Crippen molar-refractivity contribution in [2.24, 2.45) is 0 Å². The number of nitrogens with one attached hydrogen (secondary N) is 1. The van der Waals surface area contributed by atoms with Crippen molar-refractivity contribution < 1.29 is 4.79 Å². The molecule has 24 heavy (non-hydrogen) atoms. The van der Waals surface area contributed by atoms with Gasteiger partial charge in [0.25, 0.3) is 5.91 Å². The molecular weight excluding hydrogens is 302 g/mol. The molecule has 3 heterocycles. The fourth-order valence-corrected chi connectivity index (χ4v) is 2.80. The Hall–Kier alpha value is -2.63. The molecule has 0 aliphatic carbocycles. The maximum absolute atomic E-state index is 12.1. The summed E-state index contributed by atoms with van der Waals surface area (Å²) >= 11 is 0. The van der Waals surface area contributed by atoms with Gasteiger partial charge in [0, 0.05) is 45.1 Å². The first-order chi connectivity index (χ1) is 11.8.